The number of allylic oxidation sites excluding steroid dienone is 18. The van der Waals surface area contributed by atoms with Gasteiger partial charge in [-0.1, -0.05) is 142 Å². The Labute approximate surface area is 366 Å². The molecule has 10 heteroatoms. The van der Waals surface area contributed by atoms with Crippen molar-refractivity contribution in [3.05, 3.63) is 109 Å². The quantitative estimate of drug-likeness (QED) is 0.0214. The predicted octanol–water partition coefficient (Wildman–Crippen LogP) is 13.1. The number of nitrogens with zero attached hydrogens (tertiary/aromatic N) is 1. The molecule has 0 saturated carbocycles. The number of hydrogen-bond donors (Lipinski definition) is 1. The summed E-state index contributed by atoms with van der Waals surface area (Å²) < 4.78 is 34.2. The number of hydrogen-bond acceptors (Lipinski definition) is 7. The fourth-order valence-corrected chi connectivity index (χ4v) is 6.01. The number of ether oxygens (including phenoxy) is 2. The van der Waals surface area contributed by atoms with Crippen molar-refractivity contribution in [1.82, 2.24) is 0 Å². The molecule has 0 rings (SSSR count). The van der Waals surface area contributed by atoms with E-state index in [1.165, 1.54) is 25.7 Å². The lowest BCUT2D eigenvalue weighted by Gasteiger charge is -2.24. The molecule has 0 spiro atoms. The number of unbranched alkanes of at least 4 members (excludes halogenated alkanes) is 7. The van der Waals surface area contributed by atoms with Gasteiger partial charge < -0.3 is 18.9 Å². The van der Waals surface area contributed by atoms with Crippen molar-refractivity contribution in [2.24, 2.45) is 0 Å². The Hall–Kier alpha value is -3.33. The fourth-order valence-electron chi connectivity index (χ4n) is 5.27. The van der Waals surface area contributed by atoms with Crippen molar-refractivity contribution < 1.29 is 42.1 Å². The van der Waals surface area contributed by atoms with Crippen LogP contribution in [-0.4, -0.2) is 74.9 Å². The fraction of sp³-hybridized carbons (Fsp3) is 0.600. The molecule has 1 unspecified atom stereocenters. The Morgan fingerprint density at radius 3 is 1.43 bits per heavy atom. The van der Waals surface area contributed by atoms with Crippen LogP contribution in [0.1, 0.15) is 142 Å². The Kier molecular flexibility index (Phi) is 38.8. The average molecular weight is 857 g/mol. The highest BCUT2D eigenvalue weighted by Crippen LogP contribution is 2.43. The average Bonchev–Trinajstić information content (AvgIpc) is 3.20. The molecule has 1 N–H and O–H groups in total. The van der Waals surface area contributed by atoms with Crippen molar-refractivity contribution in [1.29, 1.82) is 0 Å². The summed E-state index contributed by atoms with van der Waals surface area (Å²) in [7, 11) is 1.40. The first kappa shape index (κ1) is 56.7. The SMILES string of the molecule is CC/C=C\C/C=C\C/C=C\C/C=C\C/C=C\CCCCCC(=O)OC[C@H](COP(=O)(O)OCC[N+](C)(C)C)OC(=O)CCC/C=C\C/C=C\C/C=C\C/C=C\CCCCC. The molecular weight excluding hydrogens is 774 g/mol. The number of phosphoric ester groups is 1. The lowest BCUT2D eigenvalue weighted by Crippen LogP contribution is -2.37. The van der Waals surface area contributed by atoms with Crippen LogP contribution in [0.3, 0.4) is 0 Å². The van der Waals surface area contributed by atoms with Crippen LogP contribution in [0.15, 0.2) is 109 Å². The number of rotatable bonds is 39. The smallest absolute Gasteiger partial charge is 0.462 e. The zero-order valence-electron chi connectivity index (χ0n) is 38.1. The van der Waals surface area contributed by atoms with E-state index in [0.29, 0.717) is 30.3 Å². The molecule has 0 fully saturated rings. The molecule has 0 saturated heterocycles. The summed E-state index contributed by atoms with van der Waals surface area (Å²) >= 11 is 0. The molecule has 0 amide bonds. The molecule has 60 heavy (non-hydrogen) atoms. The summed E-state index contributed by atoms with van der Waals surface area (Å²) in [6, 6.07) is 0. The van der Waals surface area contributed by atoms with Crippen LogP contribution in [0.25, 0.3) is 0 Å². The van der Waals surface area contributed by atoms with Crippen LogP contribution >= 0.6 is 7.82 Å². The first-order chi connectivity index (χ1) is 29.0. The number of carbonyl (C=O) groups excluding carboxylic acids is 2. The second-order valence-corrected chi connectivity index (χ2v) is 17.1. The zero-order valence-corrected chi connectivity index (χ0v) is 39.0. The van der Waals surface area contributed by atoms with Gasteiger partial charge in [0.15, 0.2) is 6.10 Å². The maximum absolute atomic E-state index is 12.7. The van der Waals surface area contributed by atoms with E-state index >= 15 is 0 Å². The molecular formula is C50H83NO8P+. The van der Waals surface area contributed by atoms with E-state index in [2.05, 4.69) is 117 Å². The minimum atomic E-state index is -4.41. The lowest BCUT2D eigenvalue weighted by atomic mass is 10.1. The molecule has 0 bridgehead atoms. The summed E-state index contributed by atoms with van der Waals surface area (Å²) in [5.41, 5.74) is 0. The maximum Gasteiger partial charge on any atom is 0.472 e. The van der Waals surface area contributed by atoms with Crippen LogP contribution in [-0.2, 0) is 32.7 Å². The normalized spacial score (nSPS) is 14.6. The topological polar surface area (TPSA) is 108 Å². The van der Waals surface area contributed by atoms with E-state index in [0.717, 1.165) is 70.6 Å². The van der Waals surface area contributed by atoms with E-state index in [4.69, 9.17) is 18.5 Å². The van der Waals surface area contributed by atoms with Gasteiger partial charge in [0.05, 0.1) is 27.7 Å². The van der Waals surface area contributed by atoms with Gasteiger partial charge in [0.25, 0.3) is 0 Å². The van der Waals surface area contributed by atoms with Crippen LogP contribution in [0.2, 0.25) is 0 Å². The number of likely N-dealkylation sites (N-methyl/N-ethyl adjacent to an activating group) is 1. The van der Waals surface area contributed by atoms with Gasteiger partial charge in [-0.3, -0.25) is 18.6 Å². The molecule has 0 aliphatic rings. The molecule has 0 heterocycles. The van der Waals surface area contributed by atoms with Crippen molar-refractivity contribution in [2.45, 2.75) is 148 Å². The van der Waals surface area contributed by atoms with Crippen LogP contribution < -0.4 is 0 Å². The van der Waals surface area contributed by atoms with Gasteiger partial charge in [-0.25, -0.2) is 4.57 Å². The minimum Gasteiger partial charge on any atom is -0.462 e. The van der Waals surface area contributed by atoms with E-state index < -0.39 is 32.5 Å². The molecule has 0 aromatic carbocycles. The number of quaternary nitrogens is 1. The number of phosphoric acid groups is 1. The molecule has 0 aliphatic carbocycles. The van der Waals surface area contributed by atoms with Crippen molar-refractivity contribution in [3.8, 4) is 0 Å². The largest absolute Gasteiger partial charge is 0.472 e. The highest BCUT2D eigenvalue weighted by atomic mass is 31.2. The number of carbonyl (C=O) groups is 2. The lowest BCUT2D eigenvalue weighted by molar-refractivity contribution is -0.870. The third-order valence-corrected chi connectivity index (χ3v) is 9.77. The second-order valence-electron chi connectivity index (χ2n) is 15.7. The Balaban J connectivity index is 4.53. The summed E-state index contributed by atoms with van der Waals surface area (Å²) in [5, 5.41) is 0. The molecule has 0 radical (unpaired) electrons. The molecule has 0 aliphatic heterocycles. The van der Waals surface area contributed by atoms with E-state index in [9.17, 15) is 19.0 Å². The summed E-state index contributed by atoms with van der Waals surface area (Å²) in [4.78, 5) is 35.4. The summed E-state index contributed by atoms with van der Waals surface area (Å²) in [6.45, 7) is 4.14. The molecule has 2 atom stereocenters. The molecule has 9 nitrogen and oxygen atoms in total. The van der Waals surface area contributed by atoms with Crippen LogP contribution in [0.4, 0.5) is 0 Å². The monoisotopic (exact) mass is 857 g/mol. The van der Waals surface area contributed by atoms with Crippen LogP contribution in [0.5, 0.6) is 0 Å². The Bertz CT molecular complexity index is 1380. The maximum atomic E-state index is 12.7. The number of esters is 2. The molecule has 340 valence electrons. The van der Waals surface area contributed by atoms with Gasteiger partial charge >= 0.3 is 19.8 Å². The highest BCUT2D eigenvalue weighted by Gasteiger charge is 2.27. The molecule has 0 aromatic heterocycles. The Morgan fingerprint density at radius 1 is 0.533 bits per heavy atom. The Morgan fingerprint density at radius 2 is 0.967 bits per heavy atom. The van der Waals surface area contributed by atoms with Gasteiger partial charge in [0.1, 0.15) is 19.8 Å². The van der Waals surface area contributed by atoms with E-state index in [1.807, 2.05) is 27.2 Å². The minimum absolute atomic E-state index is 0.00921. The third-order valence-electron chi connectivity index (χ3n) is 8.79. The van der Waals surface area contributed by atoms with Gasteiger partial charge in [-0.05, 0) is 96.3 Å². The highest BCUT2D eigenvalue weighted by molar-refractivity contribution is 7.47. The van der Waals surface area contributed by atoms with Gasteiger partial charge in [-0.2, -0.15) is 0 Å². The first-order valence-electron chi connectivity index (χ1n) is 22.6. The van der Waals surface area contributed by atoms with E-state index in [-0.39, 0.29) is 26.1 Å². The zero-order chi connectivity index (χ0) is 44.3. The van der Waals surface area contributed by atoms with Crippen molar-refractivity contribution >= 4 is 19.8 Å². The van der Waals surface area contributed by atoms with Gasteiger partial charge in [-0.15, -0.1) is 0 Å². The van der Waals surface area contributed by atoms with Crippen molar-refractivity contribution in [2.75, 3.05) is 47.5 Å². The van der Waals surface area contributed by atoms with Gasteiger partial charge in [0.2, 0.25) is 0 Å². The van der Waals surface area contributed by atoms with Gasteiger partial charge in [0, 0.05) is 12.8 Å². The predicted molar refractivity (Wildman–Crippen MR) is 251 cm³/mol. The summed E-state index contributed by atoms with van der Waals surface area (Å²) in [6.07, 6.45) is 55.7. The van der Waals surface area contributed by atoms with Crippen LogP contribution in [0, 0.1) is 0 Å². The third kappa shape index (κ3) is 44.2. The standard InChI is InChI=1S/C50H82NO8P/c1-6-8-10-12-14-16-18-20-22-24-25-27-28-30-32-34-36-38-40-42-49(52)56-46-48(47-58-60(54,55)57-45-44-51(3,4)5)59-50(53)43-41-39-37-35-33-31-29-26-23-21-19-17-15-13-11-9-7-2/h8,10,14-17,20-23,25,27,29-32,35,37,48H,6-7,9,11-13,18-19,24,26,28,33-34,36,38-47H2,1-5H3/p+1/b10-8-,16-14-,17-15-,22-20-,23-21-,27-25-,31-29-,32-30-,37-35-/t48-/m1/s1. The first-order valence-corrected chi connectivity index (χ1v) is 24.1. The van der Waals surface area contributed by atoms with E-state index in [1.54, 1.807) is 0 Å². The molecule has 0 aromatic rings. The second kappa shape index (κ2) is 41.0. The summed E-state index contributed by atoms with van der Waals surface area (Å²) in [5.74, 6) is -0.915. The van der Waals surface area contributed by atoms with Crippen molar-refractivity contribution in [3.63, 3.8) is 0 Å².